The normalized spacial score (nSPS) is 19.0. The van der Waals surface area contributed by atoms with Crippen molar-refractivity contribution in [3.8, 4) is 0 Å². The third kappa shape index (κ3) is 3.74. The summed E-state index contributed by atoms with van der Waals surface area (Å²) in [7, 11) is 0. The summed E-state index contributed by atoms with van der Waals surface area (Å²) in [5.74, 6) is 0. The van der Waals surface area contributed by atoms with Crippen molar-refractivity contribution in [1.29, 1.82) is 0 Å². The molecule has 0 aromatic heterocycles. The van der Waals surface area contributed by atoms with Gasteiger partial charge in [-0.15, -0.1) is 0 Å². The molecule has 0 saturated carbocycles. The van der Waals surface area contributed by atoms with Gasteiger partial charge in [-0.1, -0.05) is 6.92 Å². The summed E-state index contributed by atoms with van der Waals surface area (Å²) >= 11 is 0. The van der Waals surface area contributed by atoms with E-state index in [2.05, 4.69) is 17.1 Å². The fourth-order valence-corrected chi connectivity index (χ4v) is 1.51. The maximum absolute atomic E-state index is 10.4. The molecule has 13 heavy (non-hydrogen) atoms. The van der Waals surface area contributed by atoms with E-state index in [4.69, 9.17) is 0 Å². The molecular weight excluding hydrogens is 166 g/mol. The highest BCUT2D eigenvalue weighted by molar-refractivity contribution is 5.47. The van der Waals surface area contributed by atoms with Gasteiger partial charge in [0.15, 0.2) is 0 Å². The van der Waals surface area contributed by atoms with Gasteiger partial charge in [0.05, 0.1) is 0 Å². The average Bonchev–Trinajstić information content (AvgIpc) is 2.19. The molecule has 0 spiro atoms. The van der Waals surface area contributed by atoms with Crippen LogP contribution in [0.1, 0.15) is 6.92 Å². The van der Waals surface area contributed by atoms with Crippen LogP contribution in [0.5, 0.6) is 0 Å². The van der Waals surface area contributed by atoms with E-state index in [1.54, 1.807) is 0 Å². The van der Waals surface area contributed by atoms with E-state index in [0.717, 1.165) is 52.2 Å². The first-order valence-corrected chi connectivity index (χ1v) is 4.99. The Morgan fingerprint density at radius 2 is 2.00 bits per heavy atom. The van der Waals surface area contributed by atoms with Gasteiger partial charge in [-0.3, -0.25) is 9.69 Å². The summed E-state index contributed by atoms with van der Waals surface area (Å²) in [6, 6.07) is 0. The number of nitrogens with one attached hydrogen (secondary N) is 1. The number of hydrogen-bond donors (Lipinski definition) is 1. The van der Waals surface area contributed by atoms with Gasteiger partial charge in [0.25, 0.3) is 0 Å². The molecule has 1 fully saturated rings. The molecule has 0 aromatic carbocycles. The van der Waals surface area contributed by atoms with E-state index in [1.807, 2.05) is 4.90 Å². The molecule has 4 nitrogen and oxygen atoms in total. The van der Waals surface area contributed by atoms with E-state index in [0.29, 0.717) is 0 Å². The van der Waals surface area contributed by atoms with Crippen molar-refractivity contribution in [3.05, 3.63) is 0 Å². The number of carbonyl (C=O) groups is 1. The van der Waals surface area contributed by atoms with Crippen molar-refractivity contribution in [2.75, 3.05) is 45.8 Å². The van der Waals surface area contributed by atoms with Crippen molar-refractivity contribution < 1.29 is 4.79 Å². The molecule has 0 aromatic rings. The van der Waals surface area contributed by atoms with Crippen LogP contribution in [0.3, 0.4) is 0 Å². The molecule has 1 aliphatic rings. The van der Waals surface area contributed by atoms with Crippen molar-refractivity contribution >= 4 is 6.41 Å². The van der Waals surface area contributed by atoms with Crippen LogP contribution < -0.4 is 5.32 Å². The molecule has 1 N–H and O–H groups in total. The van der Waals surface area contributed by atoms with Gasteiger partial charge in [0.2, 0.25) is 6.41 Å². The Labute approximate surface area is 79.9 Å². The Morgan fingerprint density at radius 1 is 1.31 bits per heavy atom. The molecule has 1 heterocycles. The molecule has 0 bridgehead atoms. The fraction of sp³-hybridized carbons (Fsp3) is 0.889. The van der Waals surface area contributed by atoms with Gasteiger partial charge >= 0.3 is 0 Å². The van der Waals surface area contributed by atoms with Crippen molar-refractivity contribution in [2.24, 2.45) is 0 Å². The number of amides is 1. The summed E-state index contributed by atoms with van der Waals surface area (Å²) in [5.41, 5.74) is 0. The van der Waals surface area contributed by atoms with Crippen LogP contribution in [0.25, 0.3) is 0 Å². The first kappa shape index (κ1) is 10.5. The summed E-state index contributed by atoms with van der Waals surface area (Å²) in [5, 5.41) is 3.30. The Hall–Kier alpha value is -0.610. The highest BCUT2D eigenvalue weighted by Gasteiger charge is 2.13. The van der Waals surface area contributed by atoms with E-state index in [1.165, 1.54) is 0 Å². The number of piperazine rings is 1. The zero-order valence-corrected chi connectivity index (χ0v) is 8.33. The molecule has 0 aliphatic carbocycles. The van der Waals surface area contributed by atoms with Crippen molar-refractivity contribution in [1.82, 2.24) is 15.1 Å². The Balaban J connectivity index is 2.07. The summed E-state index contributed by atoms with van der Waals surface area (Å²) in [4.78, 5) is 14.7. The lowest BCUT2D eigenvalue weighted by molar-refractivity contribution is -0.119. The number of rotatable bonds is 5. The summed E-state index contributed by atoms with van der Waals surface area (Å²) in [6.07, 6.45) is 0.946. The minimum atomic E-state index is 0.885. The van der Waals surface area contributed by atoms with Gasteiger partial charge in [-0.25, -0.2) is 0 Å². The van der Waals surface area contributed by atoms with Crippen LogP contribution in [0.15, 0.2) is 0 Å². The quantitative estimate of drug-likeness (QED) is 0.457. The fourth-order valence-electron chi connectivity index (χ4n) is 1.51. The average molecular weight is 185 g/mol. The predicted octanol–water partition coefficient (Wildman–Crippen LogP) is -0.630. The van der Waals surface area contributed by atoms with Crippen LogP contribution in [0.2, 0.25) is 0 Å². The molecule has 1 saturated heterocycles. The zero-order chi connectivity index (χ0) is 9.52. The van der Waals surface area contributed by atoms with Gasteiger partial charge in [0.1, 0.15) is 0 Å². The van der Waals surface area contributed by atoms with Crippen molar-refractivity contribution in [3.63, 3.8) is 0 Å². The lowest BCUT2D eigenvalue weighted by Crippen LogP contribution is -2.47. The zero-order valence-electron chi connectivity index (χ0n) is 8.33. The second-order valence-corrected chi connectivity index (χ2v) is 3.34. The lowest BCUT2D eigenvalue weighted by Gasteiger charge is -2.32. The second kappa shape index (κ2) is 5.94. The highest BCUT2D eigenvalue weighted by Crippen LogP contribution is 1.97. The van der Waals surface area contributed by atoms with Crippen LogP contribution in [-0.4, -0.2) is 62.0 Å². The minimum absolute atomic E-state index is 0.885. The minimum Gasteiger partial charge on any atom is -0.343 e. The Kier molecular flexibility index (Phi) is 4.78. The number of nitrogens with zero attached hydrogens (tertiary/aromatic N) is 2. The molecule has 76 valence electrons. The Morgan fingerprint density at radius 3 is 2.54 bits per heavy atom. The van der Waals surface area contributed by atoms with E-state index in [9.17, 15) is 4.79 Å². The number of carbonyl (C=O) groups excluding carboxylic acids is 1. The third-order valence-electron chi connectivity index (χ3n) is 2.41. The largest absolute Gasteiger partial charge is 0.343 e. The Bertz CT molecular complexity index is 144. The van der Waals surface area contributed by atoms with Gasteiger partial charge < -0.3 is 10.2 Å². The molecule has 0 unspecified atom stereocenters. The first-order valence-electron chi connectivity index (χ1n) is 4.99. The van der Waals surface area contributed by atoms with E-state index < -0.39 is 0 Å². The maximum atomic E-state index is 10.4. The number of likely N-dealkylation sites (N-methyl/N-ethyl adjacent to an activating group) is 1. The third-order valence-corrected chi connectivity index (χ3v) is 2.41. The molecule has 1 aliphatic heterocycles. The summed E-state index contributed by atoms with van der Waals surface area (Å²) in [6.45, 7) is 9.11. The SMILES string of the molecule is CCNCCN1CCN(C=O)CC1. The van der Waals surface area contributed by atoms with Crippen LogP contribution in [-0.2, 0) is 4.79 Å². The van der Waals surface area contributed by atoms with Crippen LogP contribution in [0, 0.1) is 0 Å². The summed E-state index contributed by atoms with van der Waals surface area (Å²) < 4.78 is 0. The van der Waals surface area contributed by atoms with Crippen molar-refractivity contribution in [2.45, 2.75) is 6.92 Å². The molecule has 1 amide bonds. The molecule has 1 rings (SSSR count). The molecule has 4 heteroatoms. The van der Waals surface area contributed by atoms with Crippen LogP contribution >= 0.6 is 0 Å². The van der Waals surface area contributed by atoms with Gasteiger partial charge in [-0.05, 0) is 6.54 Å². The highest BCUT2D eigenvalue weighted by atomic mass is 16.1. The number of hydrogen-bond acceptors (Lipinski definition) is 3. The monoisotopic (exact) mass is 185 g/mol. The topological polar surface area (TPSA) is 35.6 Å². The van der Waals surface area contributed by atoms with Crippen LogP contribution in [0.4, 0.5) is 0 Å². The van der Waals surface area contributed by atoms with E-state index >= 15 is 0 Å². The molecule has 0 radical (unpaired) electrons. The maximum Gasteiger partial charge on any atom is 0.209 e. The van der Waals surface area contributed by atoms with Gasteiger partial charge in [-0.2, -0.15) is 0 Å². The molecule has 0 atom stereocenters. The second-order valence-electron chi connectivity index (χ2n) is 3.34. The van der Waals surface area contributed by atoms with E-state index in [-0.39, 0.29) is 0 Å². The standard InChI is InChI=1S/C9H19N3O/c1-2-10-3-4-11-5-7-12(9-13)8-6-11/h9-10H,2-8H2,1H3. The molecular formula is C9H19N3O. The van der Waals surface area contributed by atoms with Gasteiger partial charge in [0, 0.05) is 39.3 Å². The first-order chi connectivity index (χ1) is 6.36. The smallest absolute Gasteiger partial charge is 0.209 e. The lowest BCUT2D eigenvalue weighted by atomic mass is 10.3. The predicted molar refractivity (Wildman–Crippen MR) is 52.6 cm³/mol.